The zero-order valence-electron chi connectivity index (χ0n) is 12.1. The number of fused-ring (bicyclic) bond motifs is 2. The normalized spacial score (nSPS) is 28.7. The van der Waals surface area contributed by atoms with Crippen LogP contribution in [0.1, 0.15) is 12.8 Å². The highest BCUT2D eigenvalue weighted by Crippen LogP contribution is 2.42. The number of hydrogen-bond acceptors (Lipinski definition) is 5. The quantitative estimate of drug-likeness (QED) is 0.661. The van der Waals surface area contributed by atoms with E-state index < -0.39 is 14.9 Å². The summed E-state index contributed by atoms with van der Waals surface area (Å²) >= 11 is 0. The van der Waals surface area contributed by atoms with Gasteiger partial charge in [0, 0.05) is 25.2 Å². The number of nitro groups is 1. The van der Waals surface area contributed by atoms with E-state index in [-0.39, 0.29) is 10.6 Å². The van der Waals surface area contributed by atoms with Gasteiger partial charge >= 0.3 is 0 Å². The van der Waals surface area contributed by atoms with Gasteiger partial charge in [0.25, 0.3) is 5.69 Å². The summed E-state index contributed by atoms with van der Waals surface area (Å²) in [6.45, 7) is 1.61. The van der Waals surface area contributed by atoms with Crippen molar-refractivity contribution >= 4 is 15.7 Å². The fourth-order valence-electron chi connectivity index (χ4n) is 3.76. The SMILES string of the molecule is NCC1C2CCC1CN(S(=O)(=O)c1ccc([N+](=O)[O-])cc1)C2. The lowest BCUT2D eigenvalue weighted by atomic mass is 9.86. The van der Waals surface area contributed by atoms with Crippen LogP contribution < -0.4 is 5.73 Å². The van der Waals surface area contributed by atoms with Crippen LogP contribution in [0.15, 0.2) is 29.2 Å². The third-order valence-corrected chi connectivity index (χ3v) is 6.80. The van der Waals surface area contributed by atoms with E-state index in [9.17, 15) is 18.5 Å². The van der Waals surface area contributed by atoms with Gasteiger partial charge in [-0.1, -0.05) is 0 Å². The Bertz CT molecular complexity index is 660. The molecular weight excluding hydrogens is 306 g/mol. The molecule has 1 saturated heterocycles. The Morgan fingerprint density at radius 3 is 2.18 bits per heavy atom. The molecule has 1 heterocycles. The van der Waals surface area contributed by atoms with Crippen molar-refractivity contribution in [2.75, 3.05) is 19.6 Å². The van der Waals surface area contributed by atoms with Gasteiger partial charge in [-0.2, -0.15) is 4.31 Å². The molecule has 3 rings (SSSR count). The molecule has 8 heteroatoms. The molecule has 2 N–H and O–H groups in total. The summed E-state index contributed by atoms with van der Waals surface area (Å²) in [7, 11) is -3.59. The molecule has 1 aliphatic carbocycles. The minimum absolute atomic E-state index is 0.110. The van der Waals surface area contributed by atoms with E-state index in [1.165, 1.54) is 28.6 Å². The maximum absolute atomic E-state index is 12.7. The van der Waals surface area contributed by atoms with Crippen molar-refractivity contribution in [2.24, 2.45) is 23.5 Å². The van der Waals surface area contributed by atoms with Gasteiger partial charge in [-0.25, -0.2) is 8.42 Å². The number of hydrogen-bond donors (Lipinski definition) is 1. The Morgan fingerprint density at radius 1 is 1.18 bits per heavy atom. The highest BCUT2D eigenvalue weighted by Gasteiger charge is 2.44. The number of benzene rings is 1. The first-order valence-electron chi connectivity index (χ1n) is 7.38. The second kappa shape index (κ2) is 5.60. The van der Waals surface area contributed by atoms with Crippen LogP contribution in [0.4, 0.5) is 5.69 Å². The van der Waals surface area contributed by atoms with Gasteiger partial charge in [0.1, 0.15) is 0 Å². The Morgan fingerprint density at radius 2 is 1.73 bits per heavy atom. The van der Waals surface area contributed by atoms with E-state index in [0.29, 0.717) is 37.4 Å². The second-order valence-corrected chi connectivity index (χ2v) is 8.01. The largest absolute Gasteiger partial charge is 0.330 e. The molecule has 2 atom stereocenters. The maximum atomic E-state index is 12.7. The van der Waals surface area contributed by atoms with Gasteiger partial charge in [0.05, 0.1) is 9.82 Å². The molecule has 2 bridgehead atoms. The number of nitrogens with two attached hydrogens (primary N) is 1. The standard InChI is InChI=1S/C14H19N3O4S/c15-7-14-10-1-2-11(14)9-16(8-10)22(20,21)13-5-3-12(4-6-13)17(18)19/h3-6,10-11,14H,1-2,7-9,15H2. The highest BCUT2D eigenvalue weighted by molar-refractivity contribution is 7.89. The Balaban J connectivity index is 1.83. The molecule has 1 aromatic carbocycles. The van der Waals surface area contributed by atoms with Crippen LogP contribution in [-0.4, -0.2) is 37.3 Å². The van der Waals surface area contributed by atoms with E-state index in [0.717, 1.165) is 12.8 Å². The minimum atomic E-state index is -3.59. The van der Waals surface area contributed by atoms with Crippen molar-refractivity contribution < 1.29 is 13.3 Å². The zero-order valence-corrected chi connectivity index (χ0v) is 12.9. The van der Waals surface area contributed by atoms with Crippen molar-refractivity contribution in [1.82, 2.24) is 4.31 Å². The van der Waals surface area contributed by atoms with Crippen LogP contribution in [0.5, 0.6) is 0 Å². The highest BCUT2D eigenvalue weighted by atomic mass is 32.2. The van der Waals surface area contributed by atoms with Crippen molar-refractivity contribution in [3.05, 3.63) is 34.4 Å². The lowest BCUT2D eigenvalue weighted by molar-refractivity contribution is -0.384. The molecule has 1 aliphatic heterocycles. The van der Waals surface area contributed by atoms with Crippen molar-refractivity contribution in [2.45, 2.75) is 17.7 Å². The molecule has 0 spiro atoms. The summed E-state index contributed by atoms with van der Waals surface area (Å²) in [5, 5.41) is 10.7. The van der Waals surface area contributed by atoms with E-state index in [4.69, 9.17) is 5.73 Å². The van der Waals surface area contributed by atoms with E-state index in [1.807, 2.05) is 0 Å². The van der Waals surface area contributed by atoms with Crippen molar-refractivity contribution in [3.8, 4) is 0 Å². The Labute approximate surface area is 129 Å². The summed E-state index contributed by atoms with van der Waals surface area (Å²) in [5.74, 6) is 1.08. The summed E-state index contributed by atoms with van der Waals surface area (Å²) in [6, 6.07) is 5.08. The molecule has 2 fully saturated rings. The van der Waals surface area contributed by atoms with Crippen LogP contribution in [0.3, 0.4) is 0 Å². The minimum Gasteiger partial charge on any atom is -0.330 e. The molecule has 22 heavy (non-hydrogen) atoms. The maximum Gasteiger partial charge on any atom is 0.269 e. The second-order valence-electron chi connectivity index (χ2n) is 6.07. The van der Waals surface area contributed by atoms with Gasteiger partial charge in [-0.3, -0.25) is 10.1 Å². The number of rotatable bonds is 4. The smallest absolute Gasteiger partial charge is 0.269 e. The third kappa shape index (κ3) is 2.51. The summed E-state index contributed by atoms with van der Waals surface area (Å²) in [4.78, 5) is 10.2. The van der Waals surface area contributed by atoms with Crippen LogP contribution in [0.25, 0.3) is 0 Å². The van der Waals surface area contributed by atoms with E-state index >= 15 is 0 Å². The molecule has 1 saturated carbocycles. The third-order valence-electron chi connectivity index (χ3n) is 4.95. The lowest BCUT2D eigenvalue weighted by Gasteiger charge is -2.36. The summed E-state index contributed by atoms with van der Waals surface area (Å²) in [6.07, 6.45) is 2.05. The van der Waals surface area contributed by atoms with Crippen LogP contribution in [-0.2, 0) is 10.0 Å². The van der Waals surface area contributed by atoms with E-state index in [1.54, 1.807) is 0 Å². The molecule has 0 radical (unpaired) electrons. The number of nitro benzene ring substituents is 1. The molecule has 2 aliphatic rings. The number of sulfonamides is 1. The zero-order chi connectivity index (χ0) is 15.9. The number of non-ortho nitro benzene ring substituents is 1. The molecule has 7 nitrogen and oxygen atoms in total. The molecule has 2 unspecified atom stereocenters. The first-order valence-corrected chi connectivity index (χ1v) is 8.82. The predicted molar refractivity (Wildman–Crippen MR) is 80.6 cm³/mol. The molecule has 0 amide bonds. The van der Waals surface area contributed by atoms with Gasteiger partial charge < -0.3 is 5.73 Å². The first kappa shape index (κ1) is 15.4. The van der Waals surface area contributed by atoms with Crippen molar-refractivity contribution in [1.29, 1.82) is 0 Å². The summed E-state index contributed by atoms with van der Waals surface area (Å²) < 4.78 is 26.9. The molecule has 0 aromatic heterocycles. The number of piperidine rings is 1. The van der Waals surface area contributed by atoms with Crippen LogP contribution >= 0.6 is 0 Å². The first-order chi connectivity index (χ1) is 10.4. The van der Waals surface area contributed by atoms with Gasteiger partial charge in [-0.15, -0.1) is 0 Å². The van der Waals surface area contributed by atoms with Gasteiger partial charge in [0.2, 0.25) is 10.0 Å². The molecule has 1 aromatic rings. The van der Waals surface area contributed by atoms with Crippen molar-refractivity contribution in [3.63, 3.8) is 0 Å². The van der Waals surface area contributed by atoms with Gasteiger partial charge in [0.15, 0.2) is 0 Å². The average Bonchev–Trinajstić information content (AvgIpc) is 2.75. The Hall–Kier alpha value is -1.51. The topological polar surface area (TPSA) is 107 Å². The van der Waals surface area contributed by atoms with Crippen LogP contribution in [0, 0.1) is 27.9 Å². The molecule has 120 valence electrons. The van der Waals surface area contributed by atoms with Crippen LogP contribution in [0.2, 0.25) is 0 Å². The average molecular weight is 325 g/mol. The monoisotopic (exact) mass is 325 g/mol. The fraction of sp³-hybridized carbons (Fsp3) is 0.571. The number of nitrogens with zero attached hydrogens (tertiary/aromatic N) is 2. The predicted octanol–water partition coefficient (Wildman–Crippen LogP) is 1.20. The molecular formula is C14H19N3O4S. The van der Waals surface area contributed by atoms with E-state index in [2.05, 4.69) is 0 Å². The Kier molecular flexibility index (Phi) is 3.92. The summed E-state index contributed by atoms with van der Waals surface area (Å²) in [5.41, 5.74) is 5.69. The van der Waals surface area contributed by atoms with Gasteiger partial charge in [-0.05, 0) is 49.3 Å². The lowest BCUT2D eigenvalue weighted by Crippen LogP contribution is -2.46. The fourth-order valence-corrected chi connectivity index (χ4v) is 5.32.